The number of Topliss-reactive ketones (excluding diaryl/α,β-unsaturated/α-hetero) is 1. The number of rotatable bonds is 34. The first kappa shape index (κ1) is 76.1. The second-order valence-corrected chi connectivity index (χ2v) is 25.0. The van der Waals surface area contributed by atoms with Crippen molar-refractivity contribution in [1.29, 1.82) is 5.26 Å². The molecule has 1 saturated heterocycles. The van der Waals surface area contributed by atoms with Crippen molar-refractivity contribution in [1.82, 2.24) is 36.0 Å². The molecule has 0 unspecified atom stereocenters. The Morgan fingerprint density at radius 2 is 1.39 bits per heavy atom. The monoisotopic (exact) mass is 1270 g/mol. The number of benzene rings is 3. The molecular formula is C69H98N10O13. The van der Waals surface area contributed by atoms with Crippen molar-refractivity contribution in [2.75, 3.05) is 46.7 Å². The zero-order chi connectivity index (χ0) is 68.5. The van der Waals surface area contributed by atoms with Gasteiger partial charge in [0.2, 0.25) is 29.5 Å². The molecule has 0 aliphatic carbocycles. The number of amides is 9. The topological polar surface area (TPSA) is 321 Å². The number of urea groups is 1. The number of nitriles is 1. The van der Waals surface area contributed by atoms with Crippen molar-refractivity contribution in [2.24, 2.45) is 41.2 Å². The Bertz CT molecular complexity index is 3050. The molecule has 8 N–H and O–H groups in total. The lowest BCUT2D eigenvalue weighted by Crippen LogP contribution is -2.60. The molecule has 1 fully saturated rings. The Labute approximate surface area is 543 Å². The number of hydrogen-bond acceptors (Lipinski definition) is 14. The summed E-state index contributed by atoms with van der Waals surface area (Å²) in [6.07, 6.45) is -0.691. The van der Waals surface area contributed by atoms with Gasteiger partial charge in [-0.3, -0.25) is 38.5 Å². The van der Waals surface area contributed by atoms with E-state index < -0.39 is 120 Å². The van der Waals surface area contributed by atoms with E-state index in [2.05, 4.69) is 38.4 Å². The Morgan fingerprint density at radius 3 is 1.96 bits per heavy atom. The molecule has 0 aromatic heterocycles. The molecular weight excluding hydrogens is 1180 g/mol. The lowest BCUT2D eigenvalue weighted by atomic mass is 9.85. The fraction of sp³-hybridized carbons (Fsp3) is 0.565. The quantitative estimate of drug-likeness (QED) is 0.0237. The molecule has 3 aromatic carbocycles. The van der Waals surface area contributed by atoms with Gasteiger partial charge in [-0.1, -0.05) is 124 Å². The number of nitrogens with two attached hydrogens (primary N) is 1. The van der Waals surface area contributed by atoms with Crippen LogP contribution in [0.1, 0.15) is 147 Å². The minimum atomic E-state index is -1.12. The van der Waals surface area contributed by atoms with Gasteiger partial charge in [0.1, 0.15) is 36.6 Å². The van der Waals surface area contributed by atoms with Gasteiger partial charge in [0.05, 0.1) is 36.8 Å². The van der Waals surface area contributed by atoms with Crippen molar-refractivity contribution in [3.05, 3.63) is 101 Å². The molecule has 23 heteroatoms. The summed E-state index contributed by atoms with van der Waals surface area (Å²) in [5, 5.41) is 33.5. The van der Waals surface area contributed by atoms with Crippen LogP contribution < -0.4 is 32.3 Å². The first-order chi connectivity index (χ1) is 43.6. The maximum atomic E-state index is 14.8. The minimum absolute atomic E-state index is 0.0753. The van der Waals surface area contributed by atoms with E-state index >= 15 is 0 Å². The first-order valence-corrected chi connectivity index (χ1v) is 31.7. The van der Waals surface area contributed by atoms with Crippen molar-refractivity contribution < 1.29 is 62.5 Å². The Hall–Kier alpha value is -8.38. The van der Waals surface area contributed by atoms with E-state index in [1.54, 1.807) is 108 Å². The molecule has 0 saturated carbocycles. The predicted molar refractivity (Wildman–Crippen MR) is 349 cm³/mol. The number of aliphatic hydroxyl groups is 1. The molecule has 92 heavy (non-hydrogen) atoms. The average Bonchev–Trinajstić information content (AvgIpc) is 1.67. The van der Waals surface area contributed by atoms with Crippen LogP contribution in [0.4, 0.5) is 15.3 Å². The molecule has 9 amide bonds. The van der Waals surface area contributed by atoms with Crippen LogP contribution in [0.5, 0.6) is 0 Å². The van der Waals surface area contributed by atoms with Crippen LogP contribution in [0.3, 0.4) is 0 Å². The molecule has 4 rings (SSSR count). The fourth-order valence-electron chi connectivity index (χ4n) is 11.7. The van der Waals surface area contributed by atoms with Gasteiger partial charge in [-0.2, -0.15) is 5.26 Å². The number of carbonyl (C=O) groups is 9. The smallest absolute Gasteiger partial charge is 0.410 e. The van der Waals surface area contributed by atoms with E-state index in [4.69, 9.17) is 25.2 Å². The number of anilines is 1. The highest BCUT2D eigenvalue weighted by Crippen LogP contribution is 2.32. The highest BCUT2D eigenvalue weighted by Gasteiger charge is 2.44. The lowest BCUT2D eigenvalue weighted by Gasteiger charge is -2.41. The zero-order valence-corrected chi connectivity index (χ0v) is 55.9. The lowest BCUT2D eigenvalue weighted by molar-refractivity contribution is -0.148. The summed E-state index contributed by atoms with van der Waals surface area (Å²) in [5.74, 6) is -0.483. The third-order valence-corrected chi connectivity index (χ3v) is 17.2. The van der Waals surface area contributed by atoms with Gasteiger partial charge in [-0.05, 0) is 103 Å². The summed E-state index contributed by atoms with van der Waals surface area (Å²) >= 11 is 0. The van der Waals surface area contributed by atoms with Gasteiger partial charge in [0.15, 0.2) is 6.07 Å². The molecule has 23 nitrogen and oxygen atoms in total. The third kappa shape index (κ3) is 21.9. The van der Waals surface area contributed by atoms with E-state index in [1.807, 2.05) is 58.0 Å². The second-order valence-electron chi connectivity index (χ2n) is 25.0. The van der Waals surface area contributed by atoms with Crippen molar-refractivity contribution in [3.8, 4) is 17.9 Å². The van der Waals surface area contributed by atoms with Gasteiger partial charge in [0.25, 0.3) is 5.91 Å². The van der Waals surface area contributed by atoms with Crippen LogP contribution in [0, 0.1) is 58.7 Å². The van der Waals surface area contributed by atoms with Gasteiger partial charge in [-0.25, -0.2) is 9.59 Å². The SMILES string of the molecule is CC[C@H](C)[C@@H]([C@@H](CC(=O)N1CCC[C@H]1[C@H](OC)[C@@H](C)C(=O)C[C@H](C)[C@@H](O)c1ccccc1)OC)N(C)C(=O)[C@@H](NC(=O)[C@H](C(C)C)N(C)C(=O)OCc1ccc(NC(=O)[C@H](CCCNC(N)=O)NC(=O)[C@@H](NC(=O)c2ccc(C#CC#N)cc2)C(C)C)cc1)C(C)C. The molecule has 1 aliphatic rings. The summed E-state index contributed by atoms with van der Waals surface area (Å²) in [7, 11) is 6.13. The second kappa shape index (κ2) is 37.2. The summed E-state index contributed by atoms with van der Waals surface area (Å²) in [5.41, 5.74) is 7.60. The number of nitrogens with one attached hydrogen (secondary N) is 5. The van der Waals surface area contributed by atoms with Crippen LogP contribution in [-0.2, 0) is 49.6 Å². The van der Waals surface area contributed by atoms with Crippen LogP contribution in [0.2, 0.25) is 0 Å². The molecule has 1 heterocycles. The molecule has 0 radical (unpaired) electrons. The highest BCUT2D eigenvalue weighted by atomic mass is 16.6. The van der Waals surface area contributed by atoms with Crippen LogP contribution in [0.15, 0.2) is 78.9 Å². The van der Waals surface area contributed by atoms with Gasteiger partial charge in [-0.15, -0.1) is 0 Å². The molecule has 0 spiro atoms. The largest absolute Gasteiger partial charge is 0.445 e. The fourth-order valence-corrected chi connectivity index (χ4v) is 11.7. The number of primary amides is 1. The zero-order valence-electron chi connectivity index (χ0n) is 55.9. The van der Waals surface area contributed by atoms with Crippen LogP contribution in [0.25, 0.3) is 0 Å². The number of carbonyl (C=O) groups excluding carboxylic acids is 9. The number of methoxy groups -OCH3 is 2. The number of nitrogens with zero attached hydrogens (tertiary/aromatic N) is 4. The van der Waals surface area contributed by atoms with E-state index in [0.29, 0.717) is 42.6 Å². The molecule has 12 atom stereocenters. The van der Waals surface area contributed by atoms with Gasteiger partial charge in [0, 0.05) is 76.5 Å². The van der Waals surface area contributed by atoms with E-state index in [1.165, 1.54) is 31.2 Å². The number of ether oxygens (including phenoxy) is 3. The van der Waals surface area contributed by atoms with Crippen molar-refractivity contribution in [3.63, 3.8) is 0 Å². The number of aliphatic hydroxyl groups excluding tert-OH is 1. The summed E-state index contributed by atoms with van der Waals surface area (Å²) < 4.78 is 17.8. The van der Waals surface area contributed by atoms with E-state index in [0.717, 1.165) is 5.56 Å². The normalized spacial score (nSPS) is 16.5. The molecule has 1 aliphatic heterocycles. The number of hydrogen-bond donors (Lipinski definition) is 7. The third-order valence-electron chi connectivity index (χ3n) is 17.2. The average molecular weight is 1280 g/mol. The summed E-state index contributed by atoms with van der Waals surface area (Å²) in [4.78, 5) is 128. The van der Waals surface area contributed by atoms with Gasteiger partial charge < -0.3 is 61.4 Å². The van der Waals surface area contributed by atoms with Crippen LogP contribution in [-0.4, -0.2) is 163 Å². The van der Waals surface area contributed by atoms with Crippen molar-refractivity contribution >= 4 is 59.0 Å². The standard InChI is InChI=1S/C69H98N10O13/c1-15-44(8)60(55(90-13)39-56(81)79-37-21-26-53(79)62(91-14)46(10)54(80)38-45(9)61(82)49-23-17-16-18-24-49)77(11)67(87)58(42(4)5)76-66(86)59(43(6)7)78(12)69(89)92-40-48-29-33-51(34-30-48)73-64(84)52(25-20-36-72-68(71)88)74-65(85)57(41(2)3)75-63(83)50-31-27-47(28-32-50)22-19-35-70/h16-18,23-24,27-34,41-46,52-53,55,57-62,82H,15,20-21,25-26,36-40H2,1-14H3,(H,73,84)(H,74,85)(H,75,83)(H,76,86)(H3,71,72,88)/t44-,45-,46-,52-,53-,55+,57-,58-,59-,60-,61+,62+/m0/s1. The Kier molecular flexibility index (Phi) is 30.8. The maximum Gasteiger partial charge on any atom is 0.410 e. The van der Waals surface area contributed by atoms with Crippen molar-refractivity contribution in [2.45, 2.75) is 175 Å². The number of likely N-dealkylation sites (tertiary alicyclic amines) is 1. The van der Waals surface area contributed by atoms with E-state index in [-0.39, 0.29) is 67.9 Å². The molecule has 3 aromatic rings. The number of ketones is 1. The Morgan fingerprint density at radius 1 is 0.750 bits per heavy atom. The molecule has 0 bridgehead atoms. The van der Waals surface area contributed by atoms with E-state index in [9.17, 15) is 48.3 Å². The predicted octanol–water partition coefficient (Wildman–Crippen LogP) is 6.87. The Balaban J connectivity index is 1.41. The first-order valence-electron chi connectivity index (χ1n) is 31.7. The summed E-state index contributed by atoms with van der Waals surface area (Å²) in [6.45, 7) is 18.6. The minimum Gasteiger partial charge on any atom is -0.445 e. The maximum absolute atomic E-state index is 14.8. The highest BCUT2D eigenvalue weighted by molar-refractivity contribution is 6.00. The molecule has 502 valence electrons. The van der Waals surface area contributed by atoms with Gasteiger partial charge >= 0.3 is 12.1 Å². The summed E-state index contributed by atoms with van der Waals surface area (Å²) in [6, 6.07) is 17.4. The van der Waals surface area contributed by atoms with Crippen LogP contribution >= 0.6 is 0 Å². The number of likely N-dealkylation sites (N-methyl/N-ethyl adjacent to an activating group) is 2.